The zero-order valence-electron chi connectivity index (χ0n) is 7.81. The highest BCUT2D eigenvalue weighted by Crippen LogP contribution is 2.13. The van der Waals surface area contributed by atoms with Gasteiger partial charge in [0.15, 0.2) is 0 Å². The molecule has 1 heterocycles. The maximum absolute atomic E-state index is 5.78. The number of nitrogens with zero attached hydrogens (tertiary/aromatic N) is 1. The van der Waals surface area contributed by atoms with Gasteiger partial charge in [0.05, 0.1) is 5.71 Å². The van der Waals surface area contributed by atoms with Crippen LogP contribution in [0.2, 0.25) is 0 Å². The van der Waals surface area contributed by atoms with E-state index in [0.717, 1.165) is 23.4 Å². The average molecular weight is 188 g/mol. The molecule has 0 saturated carbocycles. The minimum absolute atomic E-state index is 0.684. The number of oxime groups is 1. The van der Waals surface area contributed by atoms with Crippen molar-refractivity contribution in [3.05, 3.63) is 35.9 Å². The molecule has 3 nitrogen and oxygen atoms in total. The summed E-state index contributed by atoms with van der Waals surface area (Å²) in [5, 5.41) is 3.87. The summed E-state index contributed by atoms with van der Waals surface area (Å²) in [4.78, 5) is 4.88. The summed E-state index contributed by atoms with van der Waals surface area (Å²) in [6.07, 6.45) is 4.78. The van der Waals surface area contributed by atoms with Gasteiger partial charge < -0.3 is 10.6 Å². The van der Waals surface area contributed by atoms with Crippen molar-refractivity contribution in [1.29, 1.82) is 0 Å². The standard InChI is InChI=1S/C11H12N2O/c12-11-4-2-1-3-9(11)5-6-10-7-8-14-13-10/h1-6H,7-8,12H2/b6-5+. The monoisotopic (exact) mass is 188 g/mol. The summed E-state index contributed by atoms with van der Waals surface area (Å²) in [5.74, 6) is 0. The Morgan fingerprint density at radius 2 is 2.14 bits per heavy atom. The Hall–Kier alpha value is -1.77. The van der Waals surface area contributed by atoms with Crippen LogP contribution in [0.3, 0.4) is 0 Å². The predicted octanol–water partition coefficient (Wildman–Crippen LogP) is 2.06. The van der Waals surface area contributed by atoms with Gasteiger partial charge in [-0.1, -0.05) is 29.4 Å². The van der Waals surface area contributed by atoms with E-state index < -0.39 is 0 Å². The third-order valence-electron chi connectivity index (χ3n) is 2.08. The smallest absolute Gasteiger partial charge is 0.122 e. The maximum atomic E-state index is 5.78. The van der Waals surface area contributed by atoms with Crippen molar-refractivity contribution >= 4 is 17.5 Å². The van der Waals surface area contributed by atoms with Gasteiger partial charge in [-0.2, -0.15) is 0 Å². The van der Waals surface area contributed by atoms with E-state index in [0.29, 0.717) is 6.61 Å². The molecule has 3 heteroatoms. The number of nitrogens with two attached hydrogens (primary N) is 1. The van der Waals surface area contributed by atoms with Crippen LogP contribution in [0, 0.1) is 0 Å². The molecule has 0 amide bonds. The zero-order valence-corrected chi connectivity index (χ0v) is 7.81. The van der Waals surface area contributed by atoms with Gasteiger partial charge in [-0.3, -0.25) is 0 Å². The molecular weight excluding hydrogens is 176 g/mol. The first kappa shape index (κ1) is 8.81. The fraction of sp³-hybridized carbons (Fsp3) is 0.182. The molecule has 14 heavy (non-hydrogen) atoms. The van der Waals surface area contributed by atoms with Crippen LogP contribution in [0.5, 0.6) is 0 Å². The second-order valence-corrected chi connectivity index (χ2v) is 3.13. The van der Waals surface area contributed by atoms with Crippen LogP contribution in [0.4, 0.5) is 5.69 Å². The molecule has 0 saturated heterocycles. The Morgan fingerprint density at radius 3 is 2.86 bits per heavy atom. The summed E-state index contributed by atoms with van der Waals surface area (Å²) in [7, 11) is 0. The van der Waals surface area contributed by atoms with E-state index in [1.54, 1.807) is 0 Å². The van der Waals surface area contributed by atoms with Crippen LogP contribution in [-0.2, 0) is 4.84 Å². The van der Waals surface area contributed by atoms with E-state index in [9.17, 15) is 0 Å². The molecule has 0 aromatic heterocycles. The van der Waals surface area contributed by atoms with E-state index in [-0.39, 0.29) is 0 Å². The molecule has 0 unspecified atom stereocenters. The Kier molecular flexibility index (Phi) is 2.49. The second kappa shape index (κ2) is 3.96. The molecule has 0 aliphatic carbocycles. The van der Waals surface area contributed by atoms with E-state index >= 15 is 0 Å². The summed E-state index contributed by atoms with van der Waals surface area (Å²) < 4.78 is 0. The topological polar surface area (TPSA) is 47.6 Å². The number of anilines is 1. The van der Waals surface area contributed by atoms with E-state index in [1.807, 2.05) is 36.4 Å². The number of hydrogen-bond donors (Lipinski definition) is 1. The van der Waals surface area contributed by atoms with Gasteiger partial charge in [-0.25, -0.2) is 0 Å². The van der Waals surface area contributed by atoms with Gasteiger partial charge >= 0.3 is 0 Å². The number of allylic oxidation sites excluding steroid dienone is 1. The average Bonchev–Trinajstić information content (AvgIpc) is 2.69. The highest BCUT2D eigenvalue weighted by atomic mass is 16.6. The van der Waals surface area contributed by atoms with Crippen LogP contribution in [0.15, 0.2) is 35.5 Å². The Labute approximate surface area is 82.9 Å². The first-order chi connectivity index (χ1) is 6.86. The molecular formula is C11H12N2O. The van der Waals surface area contributed by atoms with Gasteiger partial charge in [-0.05, 0) is 17.7 Å². The van der Waals surface area contributed by atoms with Crippen LogP contribution < -0.4 is 5.73 Å². The highest BCUT2D eigenvalue weighted by molar-refractivity contribution is 5.99. The fourth-order valence-corrected chi connectivity index (χ4v) is 1.29. The lowest BCUT2D eigenvalue weighted by Crippen LogP contribution is -1.90. The molecule has 1 aromatic carbocycles. The largest absolute Gasteiger partial charge is 0.398 e. The second-order valence-electron chi connectivity index (χ2n) is 3.13. The summed E-state index contributed by atoms with van der Waals surface area (Å²) in [6.45, 7) is 0.684. The fourth-order valence-electron chi connectivity index (χ4n) is 1.29. The first-order valence-electron chi connectivity index (χ1n) is 4.58. The predicted molar refractivity (Wildman–Crippen MR) is 57.9 cm³/mol. The van der Waals surface area contributed by atoms with Crippen LogP contribution in [-0.4, -0.2) is 12.3 Å². The number of nitrogen functional groups attached to an aromatic ring is 1. The van der Waals surface area contributed by atoms with Crippen LogP contribution >= 0.6 is 0 Å². The normalized spacial score (nSPS) is 15.6. The number of benzene rings is 1. The maximum Gasteiger partial charge on any atom is 0.122 e. The summed E-state index contributed by atoms with van der Waals surface area (Å²) >= 11 is 0. The Morgan fingerprint density at radius 1 is 1.29 bits per heavy atom. The Bertz CT molecular complexity index is 383. The first-order valence-corrected chi connectivity index (χ1v) is 4.58. The van der Waals surface area contributed by atoms with Crippen molar-refractivity contribution in [2.24, 2.45) is 5.16 Å². The lowest BCUT2D eigenvalue weighted by atomic mass is 10.1. The number of rotatable bonds is 2. The molecule has 2 N–H and O–H groups in total. The molecule has 0 atom stereocenters. The highest BCUT2D eigenvalue weighted by Gasteiger charge is 2.03. The minimum atomic E-state index is 0.684. The van der Waals surface area contributed by atoms with Crippen molar-refractivity contribution < 1.29 is 4.84 Å². The Balaban J connectivity index is 2.13. The van der Waals surface area contributed by atoms with Gasteiger partial charge in [-0.15, -0.1) is 0 Å². The minimum Gasteiger partial charge on any atom is -0.398 e. The summed E-state index contributed by atoms with van der Waals surface area (Å²) in [6, 6.07) is 7.74. The van der Waals surface area contributed by atoms with Crippen LogP contribution in [0.25, 0.3) is 6.08 Å². The molecule has 2 rings (SSSR count). The van der Waals surface area contributed by atoms with Crippen molar-refractivity contribution in [3.63, 3.8) is 0 Å². The molecule has 0 radical (unpaired) electrons. The molecule has 0 fully saturated rings. The van der Waals surface area contributed by atoms with Gasteiger partial charge in [0.1, 0.15) is 6.61 Å². The molecule has 1 aliphatic rings. The van der Waals surface area contributed by atoms with Crippen molar-refractivity contribution in [2.45, 2.75) is 6.42 Å². The van der Waals surface area contributed by atoms with Crippen LogP contribution in [0.1, 0.15) is 12.0 Å². The van der Waals surface area contributed by atoms with E-state index in [4.69, 9.17) is 10.6 Å². The molecule has 72 valence electrons. The van der Waals surface area contributed by atoms with Crippen molar-refractivity contribution in [1.82, 2.24) is 0 Å². The van der Waals surface area contributed by atoms with Gasteiger partial charge in [0.25, 0.3) is 0 Å². The molecule has 0 bridgehead atoms. The lowest BCUT2D eigenvalue weighted by Gasteiger charge is -1.97. The lowest BCUT2D eigenvalue weighted by molar-refractivity contribution is 0.174. The van der Waals surface area contributed by atoms with E-state index in [1.165, 1.54) is 0 Å². The third-order valence-corrected chi connectivity index (χ3v) is 2.08. The van der Waals surface area contributed by atoms with Crippen molar-refractivity contribution in [3.8, 4) is 0 Å². The van der Waals surface area contributed by atoms with Gasteiger partial charge in [0.2, 0.25) is 0 Å². The third kappa shape index (κ3) is 1.93. The SMILES string of the molecule is Nc1ccccc1/C=C/C1=NOCC1. The molecule has 1 aromatic rings. The molecule has 0 spiro atoms. The molecule has 1 aliphatic heterocycles. The van der Waals surface area contributed by atoms with Gasteiger partial charge in [0, 0.05) is 12.1 Å². The summed E-state index contributed by atoms with van der Waals surface area (Å²) in [5.41, 5.74) is 8.55. The number of para-hydroxylation sites is 1. The zero-order chi connectivity index (χ0) is 9.80. The van der Waals surface area contributed by atoms with E-state index in [2.05, 4.69) is 5.16 Å². The van der Waals surface area contributed by atoms with Crippen molar-refractivity contribution in [2.75, 3.05) is 12.3 Å². The number of hydrogen-bond acceptors (Lipinski definition) is 3. The quantitative estimate of drug-likeness (QED) is 0.722.